The Kier molecular flexibility index (Phi) is 3.93. The van der Waals surface area contributed by atoms with E-state index in [9.17, 15) is 5.11 Å². The molecule has 16 heavy (non-hydrogen) atoms. The van der Waals surface area contributed by atoms with Crippen LogP contribution in [0.4, 0.5) is 0 Å². The van der Waals surface area contributed by atoms with Crippen LogP contribution in [-0.4, -0.2) is 43.8 Å². The van der Waals surface area contributed by atoms with Gasteiger partial charge < -0.3 is 15.2 Å². The second kappa shape index (κ2) is 5.07. The summed E-state index contributed by atoms with van der Waals surface area (Å²) in [6.07, 6.45) is 8.34. The molecule has 0 aromatic rings. The predicted octanol–water partition coefficient (Wildman–Crippen LogP) is 0.411. The van der Waals surface area contributed by atoms with Gasteiger partial charge in [0.2, 0.25) is 0 Å². The van der Waals surface area contributed by atoms with Crippen molar-refractivity contribution in [1.82, 2.24) is 5.32 Å². The van der Waals surface area contributed by atoms with Crippen LogP contribution in [0, 0.1) is 0 Å². The highest BCUT2D eigenvalue weighted by atomic mass is 16.5. The van der Waals surface area contributed by atoms with Crippen LogP contribution in [0.3, 0.4) is 0 Å². The molecule has 1 saturated heterocycles. The molecule has 1 aliphatic carbocycles. The Balaban J connectivity index is 1.89. The smallest absolute Gasteiger partial charge is 0.119 e. The number of aliphatic hydroxyl groups is 1. The van der Waals surface area contributed by atoms with Crippen LogP contribution in [0.5, 0.6) is 0 Å². The molecule has 1 heterocycles. The fraction of sp³-hybridized carbons (Fsp3) is 1.00. The summed E-state index contributed by atoms with van der Waals surface area (Å²) in [6.45, 7) is 1.66. The lowest BCUT2D eigenvalue weighted by molar-refractivity contribution is -0.159. The van der Waals surface area contributed by atoms with Gasteiger partial charge >= 0.3 is 0 Å². The zero-order chi connectivity index (χ0) is 11.5. The molecule has 1 atom stereocenters. The highest BCUT2D eigenvalue weighted by molar-refractivity contribution is 6.08. The summed E-state index contributed by atoms with van der Waals surface area (Å²) < 4.78 is 5.95. The number of hydrogen-bond acceptors (Lipinski definition) is 3. The maximum atomic E-state index is 10.6. The lowest BCUT2D eigenvalue weighted by Crippen LogP contribution is -2.48. The van der Waals surface area contributed by atoms with Gasteiger partial charge in [-0.1, -0.05) is 12.8 Å². The molecule has 1 spiro atoms. The summed E-state index contributed by atoms with van der Waals surface area (Å²) in [5.41, 5.74) is -0.454. The molecule has 1 aliphatic heterocycles. The van der Waals surface area contributed by atoms with E-state index in [1.54, 1.807) is 0 Å². The van der Waals surface area contributed by atoms with Gasteiger partial charge in [0.15, 0.2) is 0 Å². The zero-order valence-corrected chi connectivity index (χ0v) is 10.4. The summed E-state index contributed by atoms with van der Waals surface area (Å²) in [7, 11) is 2.10. The first-order valence-electron chi connectivity index (χ1n) is 6.75. The van der Waals surface area contributed by atoms with Crippen molar-refractivity contribution in [1.29, 1.82) is 0 Å². The molecule has 0 amide bonds. The van der Waals surface area contributed by atoms with E-state index >= 15 is 0 Å². The molecule has 92 valence electrons. The molecule has 0 radical (unpaired) electrons. The molecule has 2 rings (SSSR count). The molecule has 1 saturated carbocycles. The van der Waals surface area contributed by atoms with Crippen LogP contribution in [0.2, 0.25) is 0 Å². The molecule has 1 unspecified atom stereocenters. The topological polar surface area (TPSA) is 41.5 Å². The standard InChI is InChI=1S/C12H24BNO2/c13-10-14-7-5-11(15)6-8-16-12(9-11)3-1-2-4-12/h14-15H,1-10,13H2. The maximum absolute atomic E-state index is 10.6. The van der Waals surface area contributed by atoms with E-state index in [4.69, 9.17) is 4.74 Å². The molecule has 0 aromatic carbocycles. The fourth-order valence-corrected chi connectivity index (χ4v) is 3.25. The normalized spacial score (nSPS) is 33.3. The third-order valence-corrected chi connectivity index (χ3v) is 4.16. The van der Waals surface area contributed by atoms with E-state index in [-0.39, 0.29) is 5.60 Å². The molecule has 0 aromatic heterocycles. The predicted molar refractivity (Wildman–Crippen MR) is 67.4 cm³/mol. The van der Waals surface area contributed by atoms with E-state index in [0.29, 0.717) is 0 Å². The zero-order valence-electron chi connectivity index (χ0n) is 10.4. The lowest BCUT2D eigenvalue weighted by atomic mass is 9.79. The molecule has 2 fully saturated rings. The minimum atomic E-state index is -0.481. The molecular weight excluding hydrogens is 201 g/mol. The third kappa shape index (κ3) is 2.79. The summed E-state index contributed by atoms with van der Waals surface area (Å²) in [5.74, 6) is 0. The van der Waals surface area contributed by atoms with Crippen molar-refractivity contribution in [2.45, 2.75) is 56.1 Å². The number of hydrogen-bond donors (Lipinski definition) is 2. The largest absolute Gasteiger partial charge is 0.390 e. The van der Waals surface area contributed by atoms with Crippen molar-refractivity contribution in [3.05, 3.63) is 0 Å². The summed E-state index contributed by atoms with van der Waals surface area (Å²) >= 11 is 0. The molecule has 2 N–H and O–H groups in total. The van der Waals surface area contributed by atoms with E-state index in [0.717, 1.165) is 51.7 Å². The minimum absolute atomic E-state index is 0.0270. The molecule has 4 heteroatoms. The van der Waals surface area contributed by atoms with E-state index in [1.165, 1.54) is 12.8 Å². The van der Waals surface area contributed by atoms with E-state index in [1.807, 2.05) is 0 Å². The quantitative estimate of drug-likeness (QED) is 0.538. The average molecular weight is 225 g/mol. The van der Waals surface area contributed by atoms with Gasteiger partial charge in [-0.2, -0.15) is 0 Å². The molecule has 2 aliphatic rings. The third-order valence-electron chi connectivity index (χ3n) is 4.16. The number of ether oxygens (including phenoxy) is 1. The van der Waals surface area contributed by atoms with Crippen molar-refractivity contribution in [3.8, 4) is 0 Å². The first-order chi connectivity index (χ1) is 7.68. The van der Waals surface area contributed by atoms with Crippen molar-refractivity contribution in [2.75, 3.05) is 19.6 Å². The summed E-state index contributed by atoms with van der Waals surface area (Å²) in [5, 5.41) is 13.9. The van der Waals surface area contributed by atoms with Gasteiger partial charge in [-0.3, -0.25) is 0 Å². The minimum Gasteiger partial charge on any atom is -0.390 e. The van der Waals surface area contributed by atoms with Crippen molar-refractivity contribution in [2.24, 2.45) is 0 Å². The van der Waals surface area contributed by atoms with Gasteiger partial charge in [0.25, 0.3) is 0 Å². The van der Waals surface area contributed by atoms with E-state index in [2.05, 4.69) is 13.2 Å². The van der Waals surface area contributed by atoms with Crippen LogP contribution < -0.4 is 5.32 Å². The maximum Gasteiger partial charge on any atom is 0.119 e. The van der Waals surface area contributed by atoms with Gasteiger partial charge in [-0.15, -0.1) is 0 Å². The van der Waals surface area contributed by atoms with Gasteiger partial charge in [0, 0.05) is 6.42 Å². The Bertz CT molecular complexity index is 231. The van der Waals surface area contributed by atoms with Crippen LogP contribution in [0.25, 0.3) is 0 Å². The fourth-order valence-electron chi connectivity index (χ4n) is 3.25. The van der Waals surface area contributed by atoms with Crippen molar-refractivity contribution < 1.29 is 9.84 Å². The van der Waals surface area contributed by atoms with Gasteiger partial charge in [0.05, 0.1) is 17.8 Å². The highest BCUT2D eigenvalue weighted by Crippen LogP contribution is 2.44. The van der Waals surface area contributed by atoms with Gasteiger partial charge in [0.1, 0.15) is 7.85 Å². The van der Waals surface area contributed by atoms with E-state index < -0.39 is 5.60 Å². The van der Waals surface area contributed by atoms with Crippen molar-refractivity contribution >= 4 is 7.85 Å². The monoisotopic (exact) mass is 225 g/mol. The first kappa shape index (κ1) is 12.4. The second-order valence-electron chi connectivity index (χ2n) is 5.49. The first-order valence-corrected chi connectivity index (χ1v) is 6.75. The van der Waals surface area contributed by atoms with Crippen LogP contribution in [-0.2, 0) is 4.74 Å². The van der Waals surface area contributed by atoms with Crippen LogP contribution in [0.15, 0.2) is 0 Å². The summed E-state index contributed by atoms with van der Waals surface area (Å²) in [4.78, 5) is 0. The average Bonchev–Trinajstić information content (AvgIpc) is 2.66. The highest BCUT2D eigenvalue weighted by Gasteiger charge is 2.45. The molecule has 0 bridgehead atoms. The van der Waals surface area contributed by atoms with Crippen LogP contribution in [0.1, 0.15) is 44.9 Å². The Morgan fingerprint density at radius 1 is 1.25 bits per heavy atom. The van der Waals surface area contributed by atoms with Gasteiger partial charge in [-0.05, 0) is 38.7 Å². The molecule has 3 nitrogen and oxygen atoms in total. The Hall–Kier alpha value is -0.0551. The number of rotatable bonds is 4. The molecular formula is C12H24BNO2. The second-order valence-corrected chi connectivity index (χ2v) is 5.49. The lowest BCUT2D eigenvalue weighted by Gasteiger charge is -2.43. The Labute approximate surface area is 99.4 Å². The Morgan fingerprint density at radius 2 is 2.00 bits per heavy atom. The van der Waals surface area contributed by atoms with Gasteiger partial charge in [-0.25, -0.2) is 0 Å². The summed E-state index contributed by atoms with van der Waals surface area (Å²) in [6, 6.07) is 0. The van der Waals surface area contributed by atoms with Crippen molar-refractivity contribution in [3.63, 3.8) is 0 Å². The SMILES string of the molecule is BCNCCC1(O)CCOC2(CCCC2)C1. The Morgan fingerprint density at radius 3 is 2.69 bits per heavy atom. The number of nitrogens with one attached hydrogen (secondary N) is 1. The van der Waals surface area contributed by atoms with Crippen LogP contribution >= 0.6 is 0 Å².